The lowest BCUT2D eigenvalue weighted by molar-refractivity contribution is 0.0645. The average molecular weight is 712 g/mol. The molecule has 0 aliphatic carbocycles. The van der Waals surface area contributed by atoms with E-state index in [4.69, 9.17) is 11.5 Å². The quantitative estimate of drug-likeness (QED) is 0.147. The molecule has 14 nitrogen and oxygen atoms in total. The number of benzene rings is 3. The van der Waals surface area contributed by atoms with Crippen molar-refractivity contribution >= 4 is 51.7 Å². The van der Waals surface area contributed by atoms with Crippen LogP contribution in [0.3, 0.4) is 0 Å². The first-order valence-electron chi connectivity index (χ1n) is 15.8. The molecule has 3 aromatic carbocycles. The molecule has 0 bridgehead atoms. The number of anilines is 5. The SMILES string of the molecule is Cc1ccc(S(=O)(=O)N(Cc2ccccc2)c2ccc(Nc3nc(N4C[C@H](N)C[C@H](N)C4)nc(N4C[C@H](O)C[C@H](O)C4)n3)cc2O)cc1.Cl. The van der Waals surface area contributed by atoms with Gasteiger partial charge in [-0.2, -0.15) is 15.0 Å². The van der Waals surface area contributed by atoms with E-state index in [1.807, 2.05) is 42.2 Å². The first kappa shape index (κ1) is 36.0. The molecule has 49 heavy (non-hydrogen) atoms. The van der Waals surface area contributed by atoms with Gasteiger partial charge in [0.25, 0.3) is 10.0 Å². The van der Waals surface area contributed by atoms with Crippen molar-refractivity contribution in [3.8, 4) is 5.75 Å². The second-order valence-electron chi connectivity index (χ2n) is 12.5. The van der Waals surface area contributed by atoms with Crippen LogP contribution in [0.1, 0.15) is 24.0 Å². The number of sulfonamides is 1. The fourth-order valence-corrected chi connectivity index (χ4v) is 7.54. The van der Waals surface area contributed by atoms with Gasteiger partial charge >= 0.3 is 0 Å². The summed E-state index contributed by atoms with van der Waals surface area (Å²) in [4.78, 5) is 17.5. The molecule has 2 aliphatic rings. The van der Waals surface area contributed by atoms with Gasteiger partial charge in [0.1, 0.15) is 5.75 Å². The van der Waals surface area contributed by atoms with Crippen LogP contribution in [0.15, 0.2) is 77.7 Å². The van der Waals surface area contributed by atoms with Gasteiger partial charge in [0.05, 0.1) is 29.3 Å². The number of phenols is 1. The molecule has 4 atom stereocenters. The van der Waals surface area contributed by atoms with Gasteiger partial charge in [0.2, 0.25) is 17.8 Å². The van der Waals surface area contributed by atoms with Crippen molar-refractivity contribution in [2.45, 2.75) is 55.5 Å². The van der Waals surface area contributed by atoms with E-state index in [1.165, 1.54) is 16.4 Å². The number of nitrogens with two attached hydrogens (primary N) is 2. The lowest BCUT2D eigenvalue weighted by Gasteiger charge is -2.36. The monoisotopic (exact) mass is 711 g/mol. The number of halogens is 1. The molecule has 2 fully saturated rings. The molecule has 2 aliphatic heterocycles. The van der Waals surface area contributed by atoms with E-state index in [0.717, 1.165) is 11.1 Å². The van der Waals surface area contributed by atoms with E-state index in [9.17, 15) is 23.7 Å². The fraction of sp³-hybridized carbons (Fsp3) is 0.364. The van der Waals surface area contributed by atoms with Crippen LogP contribution in [-0.4, -0.2) is 89.2 Å². The van der Waals surface area contributed by atoms with E-state index in [2.05, 4.69) is 20.3 Å². The van der Waals surface area contributed by atoms with Crippen molar-refractivity contribution in [1.82, 2.24) is 15.0 Å². The first-order chi connectivity index (χ1) is 22.9. The normalized spacial score (nSPS) is 21.2. The molecule has 0 amide bonds. The zero-order valence-electron chi connectivity index (χ0n) is 27.0. The van der Waals surface area contributed by atoms with Gasteiger partial charge < -0.3 is 41.9 Å². The smallest absolute Gasteiger partial charge is 0.264 e. The van der Waals surface area contributed by atoms with E-state index in [1.54, 1.807) is 35.2 Å². The Kier molecular flexibility index (Phi) is 11.1. The third-order valence-corrected chi connectivity index (χ3v) is 10.2. The number of aliphatic hydroxyl groups excluding tert-OH is 2. The van der Waals surface area contributed by atoms with Crippen molar-refractivity contribution in [3.05, 3.63) is 83.9 Å². The summed E-state index contributed by atoms with van der Waals surface area (Å²) in [5.74, 6) is 0.419. The van der Waals surface area contributed by atoms with Crippen LogP contribution in [-0.2, 0) is 16.6 Å². The Morgan fingerprint density at radius 2 is 1.43 bits per heavy atom. The molecular formula is C33H42ClN9O5S. The highest BCUT2D eigenvalue weighted by Gasteiger charge is 2.31. The number of aliphatic hydroxyl groups is 2. The molecule has 8 N–H and O–H groups in total. The number of β-amino-alcohol motifs (C(OH)–C–C–N with tert-alkyl or cyclic N) is 2. The number of aromatic hydroxyl groups is 1. The third-order valence-electron chi connectivity index (χ3n) is 8.38. The summed E-state index contributed by atoms with van der Waals surface area (Å²) in [6.45, 7) is 3.27. The highest BCUT2D eigenvalue weighted by molar-refractivity contribution is 7.92. The minimum Gasteiger partial charge on any atom is -0.506 e. The second kappa shape index (κ2) is 15.1. The van der Waals surface area contributed by atoms with E-state index in [-0.39, 0.29) is 78.8 Å². The predicted octanol–water partition coefficient (Wildman–Crippen LogP) is 2.24. The number of phenolic OH excluding ortho intramolecular Hbond substituents is 1. The topological polar surface area (TPSA) is 207 Å². The maximum absolute atomic E-state index is 14.0. The minimum atomic E-state index is -4.07. The fourth-order valence-electron chi connectivity index (χ4n) is 6.07. The molecule has 2 saturated heterocycles. The largest absolute Gasteiger partial charge is 0.506 e. The van der Waals surface area contributed by atoms with Crippen LogP contribution in [0.4, 0.5) is 29.2 Å². The second-order valence-corrected chi connectivity index (χ2v) is 14.4. The molecule has 16 heteroatoms. The lowest BCUT2D eigenvalue weighted by atomic mass is 10.0. The van der Waals surface area contributed by atoms with Crippen molar-refractivity contribution < 1.29 is 23.7 Å². The van der Waals surface area contributed by atoms with Crippen LogP contribution in [0.2, 0.25) is 0 Å². The predicted molar refractivity (Wildman–Crippen MR) is 191 cm³/mol. The number of rotatable bonds is 9. The summed E-state index contributed by atoms with van der Waals surface area (Å²) >= 11 is 0. The van der Waals surface area contributed by atoms with Crippen LogP contribution in [0.25, 0.3) is 0 Å². The Bertz CT molecular complexity index is 1770. The summed E-state index contributed by atoms with van der Waals surface area (Å²) in [5.41, 5.74) is 14.6. The van der Waals surface area contributed by atoms with Gasteiger partial charge in [0.15, 0.2) is 0 Å². The van der Waals surface area contributed by atoms with Gasteiger partial charge in [-0.15, -0.1) is 12.4 Å². The number of piperidine rings is 2. The zero-order chi connectivity index (χ0) is 34.0. The molecule has 0 unspecified atom stereocenters. The van der Waals surface area contributed by atoms with Gasteiger partial charge in [-0.3, -0.25) is 4.31 Å². The summed E-state index contributed by atoms with van der Waals surface area (Å²) in [6, 6.07) is 19.9. The highest BCUT2D eigenvalue weighted by atomic mass is 35.5. The summed E-state index contributed by atoms with van der Waals surface area (Å²) < 4.78 is 29.1. The zero-order valence-corrected chi connectivity index (χ0v) is 28.6. The maximum Gasteiger partial charge on any atom is 0.264 e. The molecule has 4 aromatic rings. The van der Waals surface area contributed by atoms with E-state index >= 15 is 0 Å². The number of hydrogen-bond donors (Lipinski definition) is 6. The Labute approximate surface area is 291 Å². The van der Waals surface area contributed by atoms with E-state index in [0.29, 0.717) is 31.1 Å². The van der Waals surface area contributed by atoms with Crippen LogP contribution in [0, 0.1) is 6.92 Å². The Morgan fingerprint density at radius 3 is 2.02 bits per heavy atom. The molecule has 262 valence electrons. The molecule has 0 saturated carbocycles. The van der Waals surface area contributed by atoms with E-state index < -0.39 is 22.2 Å². The van der Waals surface area contributed by atoms with Crippen LogP contribution >= 0.6 is 12.4 Å². The van der Waals surface area contributed by atoms with Crippen molar-refractivity contribution in [3.63, 3.8) is 0 Å². The first-order valence-corrected chi connectivity index (χ1v) is 17.2. The Morgan fingerprint density at radius 1 is 0.837 bits per heavy atom. The Hall–Kier alpha value is -4.25. The third kappa shape index (κ3) is 8.49. The number of hydrogen-bond acceptors (Lipinski definition) is 13. The van der Waals surface area contributed by atoms with Crippen molar-refractivity contribution in [1.29, 1.82) is 0 Å². The number of aromatic nitrogens is 3. The molecule has 0 spiro atoms. The van der Waals surface area contributed by atoms with Gasteiger partial charge in [-0.25, -0.2) is 8.42 Å². The summed E-state index contributed by atoms with van der Waals surface area (Å²) in [6.07, 6.45) is -0.609. The molecular weight excluding hydrogens is 670 g/mol. The molecule has 0 radical (unpaired) electrons. The van der Waals surface area contributed by atoms with Crippen LogP contribution < -0.4 is 30.9 Å². The summed E-state index contributed by atoms with van der Waals surface area (Å²) in [7, 11) is -4.07. The molecule has 6 rings (SSSR count). The standard InChI is InChI=1S/C33H41N9O5S.ClH/c1-21-7-10-28(11-8-21)48(46,47)42(16-22-5-3-2-4-6-22)29-12-9-25(14-30(29)45)36-31-37-32(40-17-23(34)13-24(35)18-40)39-33(38-31)41-19-26(43)15-27(44)20-41;/h2-12,14,23-24,26-27,43-45H,13,15-20,34-35H2,1H3,(H,36,37,38,39);1H/t23-,24+,26-,27+;. The minimum absolute atomic E-state index is 0. The molecule has 3 heterocycles. The van der Waals surface area contributed by atoms with Gasteiger partial charge in [-0.1, -0.05) is 48.0 Å². The van der Waals surface area contributed by atoms with Gasteiger partial charge in [-0.05, 0) is 43.2 Å². The Balaban J connectivity index is 0.00000468. The van der Waals surface area contributed by atoms with Crippen molar-refractivity contribution in [2.75, 3.05) is 45.6 Å². The number of aryl methyl sites for hydroxylation is 1. The average Bonchev–Trinajstić information content (AvgIpc) is 3.04. The van der Waals surface area contributed by atoms with Crippen LogP contribution in [0.5, 0.6) is 5.75 Å². The molecule has 1 aromatic heterocycles. The maximum atomic E-state index is 14.0. The lowest BCUT2D eigenvalue weighted by Crippen LogP contribution is -2.53. The van der Waals surface area contributed by atoms with Gasteiger partial charge in [0, 0.05) is 56.4 Å². The number of nitrogens with zero attached hydrogens (tertiary/aromatic N) is 6. The van der Waals surface area contributed by atoms with Crippen molar-refractivity contribution in [2.24, 2.45) is 11.5 Å². The number of nitrogens with one attached hydrogen (secondary N) is 1. The highest BCUT2D eigenvalue weighted by Crippen LogP contribution is 2.36. The summed E-state index contributed by atoms with van der Waals surface area (Å²) in [5, 5.41) is 35.1.